The van der Waals surface area contributed by atoms with E-state index in [-0.39, 0.29) is 5.75 Å². The number of ether oxygens (including phenoxy) is 1. The highest BCUT2D eigenvalue weighted by molar-refractivity contribution is 5.83. The van der Waals surface area contributed by atoms with Crippen molar-refractivity contribution in [3.8, 4) is 22.8 Å². The van der Waals surface area contributed by atoms with Gasteiger partial charge >= 0.3 is 6.18 Å². The molecule has 27 heavy (non-hydrogen) atoms. The Bertz CT molecular complexity index is 1100. The highest BCUT2D eigenvalue weighted by atomic mass is 19.4. The summed E-state index contributed by atoms with van der Waals surface area (Å²) in [6, 6.07) is 14.0. The molecule has 0 saturated heterocycles. The van der Waals surface area contributed by atoms with Crippen LogP contribution in [0.4, 0.5) is 13.2 Å². The number of alkyl halides is 3. The molecule has 4 nitrogen and oxygen atoms in total. The number of imidazole rings is 1. The molecular formula is C20H14F3N3O. The third-order valence-corrected chi connectivity index (χ3v) is 4.20. The number of fused-ring (bicyclic) bond motifs is 1. The fourth-order valence-corrected chi connectivity index (χ4v) is 2.81. The molecule has 2 aromatic heterocycles. The lowest BCUT2D eigenvalue weighted by atomic mass is 10.1. The van der Waals surface area contributed by atoms with E-state index in [1.165, 1.54) is 12.1 Å². The second-order valence-corrected chi connectivity index (χ2v) is 6.04. The molecule has 2 aromatic carbocycles. The van der Waals surface area contributed by atoms with Gasteiger partial charge in [-0.3, -0.25) is 0 Å². The van der Waals surface area contributed by atoms with Crippen LogP contribution in [0.5, 0.6) is 11.6 Å². The first-order valence-corrected chi connectivity index (χ1v) is 8.13. The number of rotatable bonds is 3. The fraction of sp³-hybridized carbons (Fsp3) is 0.100. The van der Waals surface area contributed by atoms with Crippen molar-refractivity contribution >= 4 is 11.0 Å². The lowest BCUT2D eigenvalue weighted by Gasteiger charge is -2.11. The van der Waals surface area contributed by atoms with Gasteiger partial charge in [-0.2, -0.15) is 13.2 Å². The molecule has 0 N–H and O–H groups in total. The minimum Gasteiger partial charge on any atom is -0.438 e. The molecule has 0 aliphatic heterocycles. The van der Waals surface area contributed by atoms with E-state index in [2.05, 4.69) is 9.97 Å². The van der Waals surface area contributed by atoms with Crippen LogP contribution in [0, 0.1) is 0 Å². The van der Waals surface area contributed by atoms with Gasteiger partial charge < -0.3 is 9.30 Å². The Morgan fingerprint density at radius 2 is 1.74 bits per heavy atom. The van der Waals surface area contributed by atoms with Crippen LogP contribution in [0.25, 0.3) is 22.2 Å². The monoisotopic (exact) mass is 369 g/mol. The van der Waals surface area contributed by atoms with Crippen LogP contribution in [0.1, 0.15) is 5.56 Å². The molecule has 0 unspecified atom stereocenters. The van der Waals surface area contributed by atoms with Crippen LogP contribution in [-0.2, 0) is 13.2 Å². The van der Waals surface area contributed by atoms with Gasteiger partial charge in [0.2, 0.25) is 5.88 Å². The molecule has 0 aliphatic carbocycles. The molecule has 0 spiro atoms. The van der Waals surface area contributed by atoms with E-state index < -0.39 is 11.7 Å². The van der Waals surface area contributed by atoms with Crippen LogP contribution in [-0.4, -0.2) is 14.5 Å². The van der Waals surface area contributed by atoms with Crippen LogP contribution in [0.2, 0.25) is 0 Å². The number of halogens is 3. The summed E-state index contributed by atoms with van der Waals surface area (Å²) in [5.41, 5.74) is 2.71. The number of hydrogen-bond donors (Lipinski definition) is 0. The van der Waals surface area contributed by atoms with Crippen molar-refractivity contribution in [3.63, 3.8) is 0 Å². The molecule has 4 aromatic rings. The van der Waals surface area contributed by atoms with Gasteiger partial charge in [-0.1, -0.05) is 6.07 Å². The summed E-state index contributed by atoms with van der Waals surface area (Å²) in [7, 11) is 1.90. The zero-order chi connectivity index (χ0) is 19.0. The quantitative estimate of drug-likeness (QED) is 0.482. The SMILES string of the molecule is Cn1cnc2ccc(-c3cccnc3Oc3ccc(C(F)(F)F)cc3)cc21. The first-order valence-electron chi connectivity index (χ1n) is 8.13. The Morgan fingerprint density at radius 3 is 2.48 bits per heavy atom. The van der Waals surface area contributed by atoms with Gasteiger partial charge in [0, 0.05) is 18.8 Å². The van der Waals surface area contributed by atoms with E-state index >= 15 is 0 Å². The maximum atomic E-state index is 12.7. The van der Waals surface area contributed by atoms with Crippen LogP contribution in [0.15, 0.2) is 67.1 Å². The Morgan fingerprint density at radius 1 is 0.963 bits per heavy atom. The molecule has 136 valence electrons. The second kappa shape index (κ2) is 6.42. The summed E-state index contributed by atoms with van der Waals surface area (Å²) >= 11 is 0. The molecule has 0 aliphatic rings. The molecule has 7 heteroatoms. The first kappa shape index (κ1) is 17.1. The number of pyridine rings is 1. The summed E-state index contributed by atoms with van der Waals surface area (Å²) in [5, 5.41) is 0. The number of aryl methyl sites for hydroxylation is 1. The van der Waals surface area contributed by atoms with Crippen molar-refractivity contribution in [2.24, 2.45) is 7.05 Å². The summed E-state index contributed by atoms with van der Waals surface area (Å²) < 4.78 is 45.8. The summed E-state index contributed by atoms with van der Waals surface area (Å²) in [6.07, 6.45) is -1.07. The van der Waals surface area contributed by atoms with Crippen molar-refractivity contribution in [2.75, 3.05) is 0 Å². The molecule has 0 saturated carbocycles. The maximum absolute atomic E-state index is 12.7. The Balaban J connectivity index is 1.69. The topological polar surface area (TPSA) is 39.9 Å². The van der Waals surface area contributed by atoms with Gasteiger partial charge in [0.1, 0.15) is 5.75 Å². The minimum absolute atomic E-state index is 0.282. The molecule has 0 radical (unpaired) electrons. The Kier molecular flexibility index (Phi) is 4.07. The van der Waals surface area contributed by atoms with Gasteiger partial charge in [-0.15, -0.1) is 0 Å². The van der Waals surface area contributed by atoms with E-state index in [1.807, 2.05) is 35.9 Å². The van der Waals surface area contributed by atoms with Crippen molar-refractivity contribution in [2.45, 2.75) is 6.18 Å². The summed E-state index contributed by atoms with van der Waals surface area (Å²) in [5.74, 6) is 0.600. The number of aromatic nitrogens is 3. The lowest BCUT2D eigenvalue weighted by Crippen LogP contribution is -2.04. The van der Waals surface area contributed by atoms with Gasteiger partial charge in [0.15, 0.2) is 0 Å². The zero-order valence-electron chi connectivity index (χ0n) is 14.2. The third kappa shape index (κ3) is 3.36. The van der Waals surface area contributed by atoms with Crippen molar-refractivity contribution in [1.29, 1.82) is 0 Å². The molecule has 4 rings (SSSR count). The third-order valence-electron chi connectivity index (χ3n) is 4.20. The predicted octanol–water partition coefficient (Wildman–Crippen LogP) is 5.45. The molecule has 0 atom stereocenters. The van der Waals surface area contributed by atoms with E-state index in [9.17, 15) is 13.2 Å². The Hall–Kier alpha value is -3.35. The highest BCUT2D eigenvalue weighted by Gasteiger charge is 2.30. The minimum atomic E-state index is -4.38. The number of benzene rings is 2. The second-order valence-electron chi connectivity index (χ2n) is 6.04. The molecule has 0 amide bonds. The van der Waals surface area contributed by atoms with Crippen LogP contribution in [0.3, 0.4) is 0 Å². The molecule has 0 fully saturated rings. The zero-order valence-corrected chi connectivity index (χ0v) is 14.2. The highest BCUT2D eigenvalue weighted by Crippen LogP contribution is 2.34. The van der Waals surface area contributed by atoms with Gasteiger partial charge in [0.25, 0.3) is 0 Å². The van der Waals surface area contributed by atoms with Gasteiger partial charge in [0.05, 0.1) is 22.9 Å². The average molecular weight is 369 g/mol. The van der Waals surface area contributed by atoms with Crippen molar-refractivity contribution < 1.29 is 17.9 Å². The largest absolute Gasteiger partial charge is 0.438 e. The Labute approximate surface area is 152 Å². The average Bonchev–Trinajstić information content (AvgIpc) is 3.02. The summed E-state index contributed by atoms with van der Waals surface area (Å²) in [6.45, 7) is 0. The molecule has 0 bridgehead atoms. The van der Waals surface area contributed by atoms with Crippen LogP contribution >= 0.6 is 0 Å². The smallest absolute Gasteiger partial charge is 0.416 e. The summed E-state index contributed by atoms with van der Waals surface area (Å²) in [4.78, 5) is 8.54. The van der Waals surface area contributed by atoms with E-state index in [1.54, 1.807) is 18.6 Å². The molecular weight excluding hydrogens is 355 g/mol. The lowest BCUT2D eigenvalue weighted by molar-refractivity contribution is -0.137. The van der Waals surface area contributed by atoms with Gasteiger partial charge in [-0.25, -0.2) is 9.97 Å². The standard InChI is InChI=1S/C20H14F3N3O/c1-26-12-25-17-9-4-13(11-18(17)26)16-3-2-10-24-19(16)27-15-7-5-14(6-8-15)20(21,22)23/h2-12H,1H3. The van der Waals surface area contributed by atoms with Crippen LogP contribution < -0.4 is 4.74 Å². The van der Waals surface area contributed by atoms with Crippen molar-refractivity contribution in [3.05, 3.63) is 72.7 Å². The van der Waals surface area contributed by atoms with E-state index in [0.717, 1.165) is 34.3 Å². The van der Waals surface area contributed by atoms with E-state index in [0.29, 0.717) is 5.88 Å². The number of nitrogens with zero attached hydrogens (tertiary/aromatic N) is 3. The predicted molar refractivity (Wildman–Crippen MR) is 95.5 cm³/mol. The van der Waals surface area contributed by atoms with E-state index in [4.69, 9.17) is 4.74 Å². The normalized spacial score (nSPS) is 11.7. The molecule has 2 heterocycles. The van der Waals surface area contributed by atoms with Crippen molar-refractivity contribution in [1.82, 2.24) is 14.5 Å². The number of hydrogen-bond acceptors (Lipinski definition) is 3. The fourth-order valence-electron chi connectivity index (χ4n) is 2.81. The first-order chi connectivity index (χ1) is 12.9. The maximum Gasteiger partial charge on any atom is 0.416 e. The van der Waals surface area contributed by atoms with Gasteiger partial charge in [-0.05, 0) is 54.1 Å².